The Balaban J connectivity index is 1.09. The summed E-state index contributed by atoms with van der Waals surface area (Å²) in [7, 11) is 0. The summed E-state index contributed by atoms with van der Waals surface area (Å²) in [4.78, 5) is 35.6. The highest BCUT2D eigenvalue weighted by Crippen LogP contribution is 2.37. The number of piperidine rings is 1. The summed E-state index contributed by atoms with van der Waals surface area (Å²) in [6.07, 6.45) is 3.57. The number of carbonyl (C=O) groups is 2. The van der Waals surface area contributed by atoms with Gasteiger partial charge in [-0.25, -0.2) is 14.6 Å². The molecule has 2 fully saturated rings. The molecule has 0 radical (unpaired) electrons. The number of halogens is 1. The van der Waals surface area contributed by atoms with Crippen LogP contribution in [0.5, 0.6) is 11.6 Å². The molecular formula is C33H31ClN4O4. The summed E-state index contributed by atoms with van der Waals surface area (Å²) < 4.78 is 5.77. The van der Waals surface area contributed by atoms with Gasteiger partial charge in [-0.1, -0.05) is 48.0 Å². The van der Waals surface area contributed by atoms with Gasteiger partial charge in [-0.15, -0.1) is 0 Å². The highest BCUT2D eigenvalue weighted by molar-refractivity contribution is 6.30. The molecule has 3 aromatic carbocycles. The van der Waals surface area contributed by atoms with Crippen molar-refractivity contribution in [1.29, 1.82) is 0 Å². The fraction of sp³-hybridized carbons (Fsp3) is 0.242. The average molecular weight is 583 g/mol. The minimum Gasteiger partial charge on any atom is -0.478 e. The molecule has 1 unspecified atom stereocenters. The number of amides is 2. The number of benzene rings is 3. The fourth-order valence-electron chi connectivity index (χ4n) is 5.79. The molecule has 1 atom stereocenters. The molecule has 8 nitrogen and oxygen atoms in total. The molecule has 2 amide bonds. The molecule has 3 heterocycles. The Hall–Kier alpha value is -4.40. The number of aromatic nitrogens is 1. The Kier molecular flexibility index (Phi) is 8.08. The van der Waals surface area contributed by atoms with Crippen LogP contribution in [0.4, 0.5) is 10.5 Å². The summed E-state index contributed by atoms with van der Waals surface area (Å²) in [5.41, 5.74) is 3.25. The molecule has 42 heavy (non-hydrogen) atoms. The predicted octanol–water partition coefficient (Wildman–Crippen LogP) is 6.87. The summed E-state index contributed by atoms with van der Waals surface area (Å²) in [6.45, 7) is 3.09. The number of carbonyl (C=O) groups excluding carboxylic acids is 1. The Morgan fingerprint density at radius 1 is 0.952 bits per heavy atom. The molecule has 1 N–H and O–H groups in total. The zero-order valence-electron chi connectivity index (χ0n) is 23.0. The molecular weight excluding hydrogens is 552 g/mol. The molecule has 214 valence electrons. The Bertz CT molecular complexity index is 1540. The molecule has 6 rings (SSSR count). The zero-order valence-corrected chi connectivity index (χ0v) is 23.7. The number of carboxylic acids is 1. The van der Waals surface area contributed by atoms with E-state index in [-0.39, 0.29) is 23.7 Å². The number of pyridine rings is 1. The van der Waals surface area contributed by atoms with E-state index < -0.39 is 5.97 Å². The molecule has 9 heteroatoms. The lowest BCUT2D eigenvalue weighted by Gasteiger charge is -2.39. The number of ether oxygens (including phenoxy) is 1. The standard InChI is InChI=1S/C33H31ClN4O4/c34-26-6-4-5-25(19-26)30-22-37(27-7-2-1-3-8-27)33(41)38(30)28-15-17-36(18-16-28)21-23-9-14-31(35-20-23)42-29-12-10-24(11-13-29)32(39)40/h1-14,19-20,28,30H,15-18,21-22H2,(H,39,40). The van der Waals surface area contributed by atoms with E-state index in [1.165, 1.54) is 12.1 Å². The normalized spacial score (nSPS) is 17.9. The number of likely N-dealkylation sites (tertiary alicyclic amines) is 1. The predicted molar refractivity (Wildman–Crippen MR) is 161 cm³/mol. The van der Waals surface area contributed by atoms with Crippen molar-refractivity contribution in [3.05, 3.63) is 119 Å². The van der Waals surface area contributed by atoms with E-state index in [2.05, 4.69) is 20.9 Å². The van der Waals surface area contributed by atoms with Gasteiger partial charge in [-0.3, -0.25) is 9.80 Å². The Morgan fingerprint density at radius 2 is 1.71 bits per heavy atom. The summed E-state index contributed by atoms with van der Waals surface area (Å²) in [5.74, 6) is -0.000954. The van der Waals surface area contributed by atoms with E-state index in [0.717, 1.165) is 49.3 Å². The minimum absolute atomic E-state index is 0.0435. The van der Waals surface area contributed by atoms with Crippen LogP contribution in [0.25, 0.3) is 0 Å². The molecule has 0 spiro atoms. The maximum atomic E-state index is 13.8. The van der Waals surface area contributed by atoms with Gasteiger partial charge < -0.3 is 14.7 Å². The van der Waals surface area contributed by atoms with Crippen molar-refractivity contribution in [3.8, 4) is 11.6 Å². The van der Waals surface area contributed by atoms with Crippen molar-refractivity contribution in [2.75, 3.05) is 24.5 Å². The van der Waals surface area contributed by atoms with Gasteiger partial charge in [0.1, 0.15) is 5.75 Å². The molecule has 0 bridgehead atoms. The molecule has 2 aliphatic heterocycles. The molecule has 0 saturated carbocycles. The third kappa shape index (κ3) is 6.10. The number of rotatable bonds is 8. The van der Waals surface area contributed by atoms with Crippen molar-refractivity contribution >= 4 is 29.3 Å². The smallest absolute Gasteiger partial charge is 0.335 e. The maximum Gasteiger partial charge on any atom is 0.335 e. The lowest BCUT2D eigenvalue weighted by atomic mass is 9.99. The van der Waals surface area contributed by atoms with Crippen LogP contribution in [0.3, 0.4) is 0 Å². The number of para-hydroxylation sites is 1. The molecule has 0 aliphatic carbocycles. The van der Waals surface area contributed by atoms with E-state index in [1.54, 1.807) is 12.1 Å². The third-order valence-electron chi connectivity index (χ3n) is 7.92. The first-order valence-electron chi connectivity index (χ1n) is 14.0. The number of hydrogen-bond acceptors (Lipinski definition) is 5. The van der Waals surface area contributed by atoms with Crippen LogP contribution in [0.15, 0.2) is 97.2 Å². The van der Waals surface area contributed by atoms with Gasteiger partial charge in [-0.05, 0) is 72.5 Å². The van der Waals surface area contributed by atoms with Crippen LogP contribution < -0.4 is 9.64 Å². The second-order valence-corrected chi connectivity index (χ2v) is 11.1. The number of nitrogens with zero attached hydrogens (tertiary/aromatic N) is 4. The lowest BCUT2D eigenvalue weighted by molar-refractivity contribution is 0.0697. The van der Waals surface area contributed by atoms with Crippen LogP contribution in [-0.2, 0) is 6.54 Å². The fourth-order valence-corrected chi connectivity index (χ4v) is 5.99. The van der Waals surface area contributed by atoms with E-state index in [0.29, 0.717) is 23.2 Å². The van der Waals surface area contributed by atoms with Crippen molar-refractivity contribution < 1.29 is 19.4 Å². The average Bonchev–Trinajstić information content (AvgIpc) is 3.36. The van der Waals surface area contributed by atoms with Crippen LogP contribution in [-0.4, -0.2) is 57.6 Å². The number of urea groups is 1. The third-order valence-corrected chi connectivity index (χ3v) is 8.16. The first-order chi connectivity index (χ1) is 20.4. The van der Waals surface area contributed by atoms with E-state index in [4.69, 9.17) is 21.4 Å². The van der Waals surface area contributed by atoms with Gasteiger partial charge in [0.05, 0.1) is 18.2 Å². The first-order valence-corrected chi connectivity index (χ1v) is 14.4. The zero-order chi connectivity index (χ0) is 29.1. The maximum absolute atomic E-state index is 13.8. The van der Waals surface area contributed by atoms with Gasteiger partial charge in [0.25, 0.3) is 0 Å². The summed E-state index contributed by atoms with van der Waals surface area (Å²) in [5, 5.41) is 9.73. The SMILES string of the molecule is O=C(O)c1ccc(Oc2ccc(CN3CCC(N4C(=O)N(c5ccccc5)CC4c4cccc(Cl)c4)CC3)cn2)cc1. The van der Waals surface area contributed by atoms with E-state index >= 15 is 0 Å². The largest absolute Gasteiger partial charge is 0.478 e. The van der Waals surface area contributed by atoms with Crippen LogP contribution in [0.1, 0.15) is 40.4 Å². The van der Waals surface area contributed by atoms with Gasteiger partial charge in [0.2, 0.25) is 5.88 Å². The quantitative estimate of drug-likeness (QED) is 0.244. The number of anilines is 1. The van der Waals surface area contributed by atoms with E-state index in [9.17, 15) is 9.59 Å². The van der Waals surface area contributed by atoms with Gasteiger partial charge in [0.15, 0.2) is 0 Å². The van der Waals surface area contributed by atoms with E-state index in [1.807, 2.05) is 71.8 Å². The molecule has 2 saturated heterocycles. The monoisotopic (exact) mass is 582 g/mol. The second kappa shape index (κ2) is 12.2. The van der Waals surface area contributed by atoms with Crippen molar-refractivity contribution in [3.63, 3.8) is 0 Å². The van der Waals surface area contributed by atoms with Gasteiger partial charge >= 0.3 is 12.0 Å². The highest BCUT2D eigenvalue weighted by atomic mass is 35.5. The van der Waals surface area contributed by atoms with Crippen LogP contribution >= 0.6 is 11.6 Å². The topological polar surface area (TPSA) is 86.2 Å². The Morgan fingerprint density at radius 3 is 2.38 bits per heavy atom. The second-order valence-electron chi connectivity index (χ2n) is 10.7. The Labute approximate surface area is 249 Å². The van der Waals surface area contributed by atoms with Gasteiger partial charge in [0, 0.05) is 48.6 Å². The highest BCUT2D eigenvalue weighted by Gasteiger charge is 2.43. The van der Waals surface area contributed by atoms with Crippen molar-refractivity contribution in [1.82, 2.24) is 14.8 Å². The number of hydrogen-bond donors (Lipinski definition) is 1. The van der Waals surface area contributed by atoms with Gasteiger partial charge in [-0.2, -0.15) is 0 Å². The van der Waals surface area contributed by atoms with Crippen LogP contribution in [0, 0.1) is 0 Å². The molecule has 1 aromatic heterocycles. The first kappa shape index (κ1) is 27.8. The number of aromatic carboxylic acids is 1. The molecule has 2 aliphatic rings. The number of carboxylic acid groups (broad SMARTS) is 1. The summed E-state index contributed by atoms with van der Waals surface area (Å²) >= 11 is 6.35. The summed E-state index contributed by atoms with van der Waals surface area (Å²) in [6, 6.07) is 27.9. The van der Waals surface area contributed by atoms with Crippen LogP contribution in [0.2, 0.25) is 5.02 Å². The minimum atomic E-state index is -0.977. The van der Waals surface area contributed by atoms with Crippen molar-refractivity contribution in [2.24, 2.45) is 0 Å². The van der Waals surface area contributed by atoms with Crippen molar-refractivity contribution in [2.45, 2.75) is 31.5 Å². The lowest BCUT2D eigenvalue weighted by Crippen LogP contribution is -2.47. The molecule has 4 aromatic rings.